The average Bonchev–Trinajstić information content (AvgIpc) is 3.01. The number of nitrogens with zero attached hydrogens (tertiary/aromatic N) is 1. The normalized spacial score (nSPS) is 17.4. The van der Waals surface area contributed by atoms with Crippen molar-refractivity contribution in [1.82, 2.24) is 4.31 Å². The molecule has 1 heterocycles. The van der Waals surface area contributed by atoms with Crippen LogP contribution in [0.2, 0.25) is 0 Å². The molecule has 0 spiro atoms. The molecule has 0 saturated carbocycles. The molecule has 1 aliphatic heterocycles. The molecule has 0 bridgehead atoms. The minimum atomic E-state index is -0.605. The molecule has 1 fully saturated rings. The van der Waals surface area contributed by atoms with E-state index in [0.29, 0.717) is 6.42 Å². The molecule has 1 aliphatic rings. The Balaban J connectivity index is 2.08. The Bertz CT molecular complexity index is 737. The summed E-state index contributed by atoms with van der Waals surface area (Å²) in [7, 11) is 1.37. The molecule has 0 aromatic heterocycles. The fourth-order valence-electron chi connectivity index (χ4n) is 3.40. The van der Waals surface area contributed by atoms with Gasteiger partial charge in [-0.1, -0.05) is 74.5 Å². The number of methoxy groups -OCH3 is 1. The molecule has 0 radical (unpaired) electrons. The van der Waals surface area contributed by atoms with E-state index in [4.69, 9.17) is 4.74 Å². The summed E-state index contributed by atoms with van der Waals surface area (Å²) in [6.07, 6.45) is 0.311. The highest BCUT2D eigenvalue weighted by Gasteiger charge is 2.51. The third-order valence-corrected chi connectivity index (χ3v) is 6.26. The number of carbonyl (C=O) groups is 2. The van der Waals surface area contributed by atoms with Crippen LogP contribution in [0.1, 0.15) is 31.4 Å². The van der Waals surface area contributed by atoms with Gasteiger partial charge in [-0.3, -0.25) is 9.10 Å². The molecule has 1 amide bonds. The smallest absolute Gasteiger partial charge is 0.329 e. The molecule has 2 aromatic rings. The maximum absolute atomic E-state index is 13.0. The van der Waals surface area contributed by atoms with Crippen molar-refractivity contribution >= 4 is 23.8 Å². The molecule has 136 valence electrons. The number of amides is 1. The maximum atomic E-state index is 13.0. The van der Waals surface area contributed by atoms with Crippen LogP contribution >= 0.6 is 11.9 Å². The molecular weight excluding hydrogens is 346 g/mol. The molecule has 3 rings (SSSR count). The topological polar surface area (TPSA) is 46.6 Å². The van der Waals surface area contributed by atoms with Gasteiger partial charge in [-0.2, -0.15) is 0 Å². The first-order valence-corrected chi connectivity index (χ1v) is 9.47. The third-order valence-electron chi connectivity index (χ3n) is 4.71. The van der Waals surface area contributed by atoms with Crippen molar-refractivity contribution in [3.63, 3.8) is 0 Å². The SMILES string of the molecule is COC(=O)[C@@H](C(C)C)N1SC(c2ccccc2)(c2ccccc2)CC1=O. The van der Waals surface area contributed by atoms with Crippen molar-refractivity contribution in [2.45, 2.75) is 31.1 Å². The van der Waals surface area contributed by atoms with E-state index in [1.807, 2.05) is 74.5 Å². The van der Waals surface area contributed by atoms with Gasteiger partial charge in [0.25, 0.3) is 0 Å². The van der Waals surface area contributed by atoms with Gasteiger partial charge in [0.15, 0.2) is 0 Å². The monoisotopic (exact) mass is 369 g/mol. The third kappa shape index (κ3) is 3.23. The van der Waals surface area contributed by atoms with Crippen LogP contribution in [0, 0.1) is 5.92 Å². The van der Waals surface area contributed by atoms with E-state index in [-0.39, 0.29) is 17.8 Å². The number of ether oxygens (including phenoxy) is 1. The quantitative estimate of drug-likeness (QED) is 0.590. The van der Waals surface area contributed by atoms with Gasteiger partial charge >= 0.3 is 5.97 Å². The Morgan fingerprint density at radius 1 is 1.04 bits per heavy atom. The minimum Gasteiger partial charge on any atom is -0.467 e. The number of rotatable bonds is 5. The predicted octanol–water partition coefficient (Wildman–Crippen LogP) is 4.01. The molecular formula is C21H23NO3S. The number of hydrogen-bond acceptors (Lipinski definition) is 4. The van der Waals surface area contributed by atoms with Crippen molar-refractivity contribution in [3.8, 4) is 0 Å². The Morgan fingerprint density at radius 3 is 1.96 bits per heavy atom. The number of carbonyl (C=O) groups excluding carboxylic acids is 2. The molecule has 1 saturated heterocycles. The molecule has 5 heteroatoms. The van der Waals surface area contributed by atoms with Crippen molar-refractivity contribution in [1.29, 1.82) is 0 Å². The predicted molar refractivity (Wildman–Crippen MR) is 103 cm³/mol. The lowest BCUT2D eigenvalue weighted by Crippen LogP contribution is -2.42. The van der Waals surface area contributed by atoms with Crippen molar-refractivity contribution in [3.05, 3.63) is 71.8 Å². The number of hydrogen-bond donors (Lipinski definition) is 0. The molecule has 26 heavy (non-hydrogen) atoms. The Morgan fingerprint density at radius 2 is 1.54 bits per heavy atom. The second-order valence-electron chi connectivity index (χ2n) is 6.76. The lowest BCUT2D eigenvalue weighted by molar-refractivity contribution is -0.149. The summed E-state index contributed by atoms with van der Waals surface area (Å²) < 4.78 is 6.05. The van der Waals surface area contributed by atoms with Crippen molar-refractivity contribution in [2.75, 3.05) is 7.11 Å². The Labute approximate surface area is 158 Å². The summed E-state index contributed by atoms with van der Waals surface area (Å²) >= 11 is 1.44. The van der Waals surface area contributed by atoms with Gasteiger partial charge in [0, 0.05) is 0 Å². The van der Waals surface area contributed by atoms with Crippen LogP contribution in [0.5, 0.6) is 0 Å². The zero-order valence-electron chi connectivity index (χ0n) is 15.2. The van der Waals surface area contributed by atoms with E-state index in [0.717, 1.165) is 11.1 Å². The molecule has 0 aliphatic carbocycles. The van der Waals surface area contributed by atoms with E-state index in [1.165, 1.54) is 19.1 Å². The van der Waals surface area contributed by atoms with Crippen molar-refractivity contribution < 1.29 is 14.3 Å². The first-order chi connectivity index (χ1) is 12.5. The minimum absolute atomic E-state index is 0.0405. The highest BCUT2D eigenvalue weighted by atomic mass is 32.2. The lowest BCUT2D eigenvalue weighted by Gasteiger charge is -2.32. The molecule has 0 N–H and O–H groups in total. The van der Waals surface area contributed by atoms with Gasteiger partial charge in [-0.15, -0.1) is 0 Å². The first kappa shape index (κ1) is 18.5. The van der Waals surface area contributed by atoms with Gasteiger partial charge < -0.3 is 4.74 Å². The van der Waals surface area contributed by atoms with Crippen LogP contribution in [0.3, 0.4) is 0 Å². The standard InChI is InChI=1S/C21H23NO3S/c1-15(2)19(20(24)25-3)22-18(23)14-21(26-22,16-10-6-4-7-11-16)17-12-8-5-9-13-17/h4-13,15,19H,14H2,1-3H3/t19-/m1/s1. The Hall–Kier alpha value is -2.27. The highest BCUT2D eigenvalue weighted by Crippen LogP contribution is 2.53. The number of benzene rings is 2. The van der Waals surface area contributed by atoms with E-state index in [1.54, 1.807) is 4.31 Å². The summed E-state index contributed by atoms with van der Waals surface area (Å²) in [5.74, 6) is -0.467. The van der Waals surface area contributed by atoms with Gasteiger partial charge in [-0.05, 0) is 29.0 Å². The maximum Gasteiger partial charge on any atom is 0.329 e. The molecule has 4 nitrogen and oxygen atoms in total. The molecule has 0 unspecified atom stereocenters. The van der Waals surface area contributed by atoms with E-state index in [2.05, 4.69) is 0 Å². The van der Waals surface area contributed by atoms with Gasteiger partial charge in [0.1, 0.15) is 6.04 Å². The Kier molecular flexibility index (Phi) is 5.37. The average molecular weight is 369 g/mol. The highest BCUT2D eigenvalue weighted by molar-refractivity contribution is 7.99. The fraction of sp³-hybridized carbons (Fsp3) is 0.333. The second-order valence-corrected chi connectivity index (χ2v) is 8.03. The van der Waals surface area contributed by atoms with E-state index < -0.39 is 10.8 Å². The summed E-state index contributed by atoms with van der Waals surface area (Å²) in [5, 5.41) is 0. The summed E-state index contributed by atoms with van der Waals surface area (Å²) in [4.78, 5) is 25.3. The second kappa shape index (κ2) is 7.54. The molecule has 2 aromatic carbocycles. The first-order valence-electron chi connectivity index (χ1n) is 8.69. The van der Waals surface area contributed by atoms with Crippen LogP contribution in [-0.2, 0) is 19.1 Å². The van der Waals surface area contributed by atoms with Crippen LogP contribution in [0.15, 0.2) is 60.7 Å². The zero-order chi connectivity index (χ0) is 18.7. The van der Waals surface area contributed by atoms with E-state index >= 15 is 0 Å². The summed E-state index contributed by atoms with van der Waals surface area (Å²) in [6.45, 7) is 3.86. The summed E-state index contributed by atoms with van der Waals surface area (Å²) in [5.41, 5.74) is 2.11. The largest absolute Gasteiger partial charge is 0.467 e. The fourth-order valence-corrected chi connectivity index (χ4v) is 5.02. The molecule has 1 atom stereocenters. The van der Waals surface area contributed by atoms with Gasteiger partial charge in [0.05, 0.1) is 18.3 Å². The summed E-state index contributed by atoms with van der Waals surface area (Å²) in [6, 6.07) is 19.4. The zero-order valence-corrected chi connectivity index (χ0v) is 16.0. The van der Waals surface area contributed by atoms with Crippen molar-refractivity contribution in [2.24, 2.45) is 5.92 Å². The lowest BCUT2D eigenvalue weighted by atomic mass is 9.87. The van der Waals surface area contributed by atoms with Gasteiger partial charge in [0.2, 0.25) is 5.91 Å². The van der Waals surface area contributed by atoms with Gasteiger partial charge in [-0.25, -0.2) is 4.79 Å². The van der Waals surface area contributed by atoms with Crippen LogP contribution < -0.4 is 0 Å². The number of esters is 1. The van der Waals surface area contributed by atoms with Crippen LogP contribution in [0.25, 0.3) is 0 Å². The van der Waals surface area contributed by atoms with Crippen LogP contribution in [-0.4, -0.2) is 29.3 Å². The van der Waals surface area contributed by atoms with Crippen LogP contribution in [0.4, 0.5) is 0 Å². The van der Waals surface area contributed by atoms with E-state index in [9.17, 15) is 9.59 Å².